The van der Waals surface area contributed by atoms with Crippen LogP contribution in [-0.2, 0) is 16.0 Å². The van der Waals surface area contributed by atoms with Gasteiger partial charge < -0.3 is 24.3 Å². The Bertz CT molecular complexity index is 916. The number of rotatable bonds is 4. The van der Waals surface area contributed by atoms with E-state index in [0.29, 0.717) is 29.5 Å². The van der Waals surface area contributed by atoms with Crippen molar-refractivity contribution in [3.63, 3.8) is 0 Å². The predicted octanol–water partition coefficient (Wildman–Crippen LogP) is 0.871. The van der Waals surface area contributed by atoms with Crippen molar-refractivity contribution in [1.82, 2.24) is 4.90 Å². The highest BCUT2D eigenvalue weighted by molar-refractivity contribution is 5.84. The summed E-state index contributed by atoms with van der Waals surface area (Å²) >= 11 is 0. The number of hydrogen-bond donors (Lipinski definition) is 1. The number of phenols is 1. The van der Waals surface area contributed by atoms with Crippen molar-refractivity contribution in [2.45, 2.75) is 45.1 Å². The van der Waals surface area contributed by atoms with E-state index in [1.165, 1.54) is 17.0 Å². The van der Waals surface area contributed by atoms with E-state index >= 15 is 0 Å². The van der Waals surface area contributed by atoms with Gasteiger partial charge in [0.2, 0.25) is 5.91 Å². The minimum atomic E-state index is -1.24. The predicted molar refractivity (Wildman–Crippen MR) is 91.6 cm³/mol. The first-order valence-corrected chi connectivity index (χ1v) is 8.64. The number of carboxylic acids is 1. The second-order valence-corrected chi connectivity index (χ2v) is 6.59. The first kappa shape index (κ1) is 18.0. The van der Waals surface area contributed by atoms with Gasteiger partial charge in [0, 0.05) is 30.0 Å². The van der Waals surface area contributed by atoms with Crippen LogP contribution in [0.25, 0.3) is 11.0 Å². The third-order valence-electron chi connectivity index (χ3n) is 4.96. The van der Waals surface area contributed by atoms with E-state index in [9.17, 15) is 24.6 Å². The quantitative estimate of drug-likeness (QED) is 0.812. The summed E-state index contributed by atoms with van der Waals surface area (Å²) in [5, 5.41) is 21.4. The van der Waals surface area contributed by atoms with Crippen LogP contribution in [0.3, 0.4) is 0 Å². The number of carbonyl (C=O) groups is 2. The number of aryl methyl sites for hydroxylation is 1. The molecule has 1 aliphatic rings. The lowest BCUT2D eigenvalue weighted by Gasteiger charge is -2.36. The second-order valence-electron chi connectivity index (χ2n) is 6.59. The molecule has 2 heterocycles. The van der Waals surface area contributed by atoms with E-state index in [1.807, 2.05) is 0 Å². The summed E-state index contributed by atoms with van der Waals surface area (Å²) in [4.78, 5) is 37.3. The molecule has 1 fully saturated rings. The number of carbonyl (C=O) groups excluding carboxylic acids is 2. The van der Waals surface area contributed by atoms with Gasteiger partial charge in [-0.3, -0.25) is 4.79 Å². The number of nitrogens with zero attached hydrogens (tertiary/aromatic N) is 1. The number of likely N-dealkylation sites (tertiary alicyclic amines) is 1. The molecule has 138 valence electrons. The van der Waals surface area contributed by atoms with Crippen LogP contribution in [0.1, 0.15) is 36.8 Å². The summed E-state index contributed by atoms with van der Waals surface area (Å²) in [5.74, 6) is -1.54. The van der Waals surface area contributed by atoms with Crippen molar-refractivity contribution in [3.05, 3.63) is 39.7 Å². The van der Waals surface area contributed by atoms with Gasteiger partial charge in [-0.05, 0) is 50.3 Å². The van der Waals surface area contributed by atoms with E-state index in [2.05, 4.69) is 0 Å². The van der Waals surface area contributed by atoms with Gasteiger partial charge >= 0.3 is 5.63 Å². The molecule has 0 spiro atoms. The van der Waals surface area contributed by atoms with Gasteiger partial charge in [-0.2, -0.15) is 0 Å². The van der Waals surface area contributed by atoms with Crippen LogP contribution < -0.4 is 10.7 Å². The fourth-order valence-corrected chi connectivity index (χ4v) is 3.52. The van der Waals surface area contributed by atoms with Gasteiger partial charge in [-0.15, -0.1) is 0 Å². The molecule has 1 amide bonds. The number of fused-ring (bicyclic) bond motifs is 1. The van der Waals surface area contributed by atoms with E-state index in [-0.39, 0.29) is 30.1 Å². The zero-order valence-corrected chi connectivity index (χ0v) is 14.5. The number of phenolic OH excluding ortho intramolecular Hbond substituents is 1. The molecule has 7 nitrogen and oxygen atoms in total. The molecule has 0 aliphatic carbocycles. The lowest BCUT2D eigenvalue weighted by molar-refractivity contribution is -0.312. The number of aromatic hydroxyl groups is 1. The molecule has 1 atom stereocenters. The zero-order chi connectivity index (χ0) is 18.8. The highest BCUT2D eigenvalue weighted by Gasteiger charge is 2.27. The number of aliphatic carboxylic acids is 1. The van der Waals surface area contributed by atoms with Crippen molar-refractivity contribution >= 4 is 22.8 Å². The molecule has 7 heteroatoms. The van der Waals surface area contributed by atoms with Crippen molar-refractivity contribution in [3.8, 4) is 5.75 Å². The number of amides is 1. The van der Waals surface area contributed by atoms with Crippen LogP contribution in [0.2, 0.25) is 0 Å². The van der Waals surface area contributed by atoms with Gasteiger partial charge in [-0.1, -0.05) is 0 Å². The van der Waals surface area contributed by atoms with Crippen molar-refractivity contribution < 1.29 is 24.2 Å². The molecule has 0 radical (unpaired) electrons. The van der Waals surface area contributed by atoms with Crippen molar-refractivity contribution in [2.75, 3.05) is 6.54 Å². The Balaban J connectivity index is 1.81. The molecule has 1 aromatic heterocycles. The zero-order valence-electron chi connectivity index (χ0n) is 14.5. The molecule has 0 saturated carbocycles. The summed E-state index contributed by atoms with van der Waals surface area (Å²) in [5.41, 5.74) is 0.816. The van der Waals surface area contributed by atoms with Crippen LogP contribution in [0.15, 0.2) is 27.4 Å². The number of carboxylic acid groups (broad SMARTS) is 1. The Morgan fingerprint density at radius 1 is 1.35 bits per heavy atom. The average molecular weight is 358 g/mol. The summed E-state index contributed by atoms with van der Waals surface area (Å²) in [7, 11) is 0. The fourth-order valence-electron chi connectivity index (χ4n) is 3.52. The summed E-state index contributed by atoms with van der Waals surface area (Å²) in [6, 6.07) is 3.64. The summed E-state index contributed by atoms with van der Waals surface area (Å²) < 4.78 is 5.25. The maximum atomic E-state index is 12.5. The van der Waals surface area contributed by atoms with Gasteiger partial charge in [0.05, 0.1) is 12.0 Å². The minimum Gasteiger partial charge on any atom is -0.548 e. The SMILES string of the molecule is Cc1c(CCC(=O)N2CCCC[C@H]2C(=O)[O-])c(=O)oc2cc(O)ccc12. The largest absolute Gasteiger partial charge is 0.548 e. The Morgan fingerprint density at radius 2 is 2.12 bits per heavy atom. The van der Waals surface area contributed by atoms with Gasteiger partial charge in [0.15, 0.2) is 0 Å². The van der Waals surface area contributed by atoms with Crippen molar-refractivity contribution in [1.29, 1.82) is 0 Å². The van der Waals surface area contributed by atoms with E-state index in [0.717, 1.165) is 12.8 Å². The molecular weight excluding hydrogens is 338 g/mol. The number of benzene rings is 1. The smallest absolute Gasteiger partial charge is 0.339 e. The van der Waals surface area contributed by atoms with Crippen LogP contribution in [0, 0.1) is 6.92 Å². The van der Waals surface area contributed by atoms with Crippen molar-refractivity contribution in [2.24, 2.45) is 0 Å². The summed E-state index contributed by atoms with van der Waals surface area (Å²) in [6.45, 7) is 2.16. The molecule has 0 unspecified atom stereocenters. The lowest BCUT2D eigenvalue weighted by Crippen LogP contribution is -2.52. The molecule has 0 bridgehead atoms. The van der Waals surface area contributed by atoms with Crippen LogP contribution in [0.5, 0.6) is 5.75 Å². The Hall–Kier alpha value is -2.83. The van der Waals surface area contributed by atoms with E-state index in [1.54, 1.807) is 13.0 Å². The fraction of sp³-hybridized carbons (Fsp3) is 0.421. The standard InChI is InChI=1S/C19H21NO6/c1-11-13-6-5-12(21)10-16(13)26-19(25)14(11)7-8-17(22)20-9-3-2-4-15(20)18(23)24/h5-6,10,15,21H,2-4,7-9H2,1H3,(H,23,24)/p-1/t15-/m0/s1. The topological polar surface area (TPSA) is 111 Å². The Labute approximate surface area is 149 Å². The molecule has 2 aromatic rings. The van der Waals surface area contributed by atoms with Crippen LogP contribution in [-0.4, -0.2) is 34.5 Å². The maximum Gasteiger partial charge on any atom is 0.339 e. The minimum absolute atomic E-state index is 0.00129. The normalized spacial score (nSPS) is 17.4. The number of piperidine rings is 1. The summed E-state index contributed by atoms with van der Waals surface area (Å²) in [6.07, 6.45) is 2.10. The first-order valence-electron chi connectivity index (χ1n) is 8.64. The van der Waals surface area contributed by atoms with Gasteiger partial charge in [0.1, 0.15) is 11.3 Å². The molecular formula is C19H20NO6-. The molecule has 3 rings (SSSR count). The highest BCUT2D eigenvalue weighted by Crippen LogP contribution is 2.24. The average Bonchev–Trinajstić information content (AvgIpc) is 2.60. The van der Waals surface area contributed by atoms with Crippen LogP contribution >= 0.6 is 0 Å². The first-order chi connectivity index (χ1) is 12.4. The third-order valence-corrected chi connectivity index (χ3v) is 4.96. The Kier molecular flexibility index (Phi) is 4.97. The monoisotopic (exact) mass is 358 g/mol. The molecule has 1 N–H and O–H groups in total. The van der Waals surface area contributed by atoms with E-state index in [4.69, 9.17) is 4.42 Å². The van der Waals surface area contributed by atoms with Gasteiger partial charge in [0.25, 0.3) is 0 Å². The number of hydrogen-bond acceptors (Lipinski definition) is 6. The van der Waals surface area contributed by atoms with Gasteiger partial charge in [-0.25, -0.2) is 4.79 Å². The molecule has 26 heavy (non-hydrogen) atoms. The Morgan fingerprint density at radius 3 is 2.85 bits per heavy atom. The second kappa shape index (κ2) is 7.19. The highest BCUT2D eigenvalue weighted by atomic mass is 16.4. The van der Waals surface area contributed by atoms with E-state index < -0.39 is 17.6 Å². The lowest BCUT2D eigenvalue weighted by atomic mass is 9.99. The molecule has 1 aliphatic heterocycles. The maximum absolute atomic E-state index is 12.5. The third kappa shape index (κ3) is 3.42. The molecule has 1 aromatic carbocycles. The van der Waals surface area contributed by atoms with Crippen LogP contribution in [0.4, 0.5) is 0 Å². The molecule has 1 saturated heterocycles.